The van der Waals surface area contributed by atoms with Crippen LogP contribution in [0.3, 0.4) is 0 Å². The Morgan fingerprint density at radius 1 is 1.04 bits per heavy atom. The van der Waals surface area contributed by atoms with Crippen molar-refractivity contribution in [1.29, 1.82) is 0 Å². The van der Waals surface area contributed by atoms with Crippen molar-refractivity contribution >= 4 is 31.5 Å². The molecule has 4 unspecified atom stereocenters. The Balaban J connectivity index is 2.40. The Bertz CT molecular complexity index is 621. The van der Waals surface area contributed by atoms with E-state index in [9.17, 15) is 16.8 Å². The highest BCUT2D eigenvalue weighted by atomic mass is 35.5. The van der Waals surface area contributed by atoms with E-state index in [1.165, 1.54) is 0 Å². The van der Waals surface area contributed by atoms with Gasteiger partial charge < -0.3 is 4.74 Å². The molecular weight excluding hydrogens is 398 g/mol. The van der Waals surface area contributed by atoms with Crippen molar-refractivity contribution in [3.8, 4) is 0 Å². The average Bonchev–Trinajstić information content (AvgIpc) is 2.49. The molecular formula is C17H34ClNO5S2. The van der Waals surface area contributed by atoms with E-state index < -0.39 is 25.1 Å². The first-order valence-electron chi connectivity index (χ1n) is 9.39. The summed E-state index contributed by atoms with van der Waals surface area (Å²) < 4.78 is 57.0. The van der Waals surface area contributed by atoms with Gasteiger partial charge in [0.2, 0.25) is 10.0 Å². The van der Waals surface area contributed by atoms with E-state index >= 15 is 0 Å². The van der Waals surface area contributed by atoms with Crippen LogP contribution in [-0.4, -0.2) is 58.2 Å². The highest BCUT2D eigenvalue weighted by molar-refractivity contribution is 7.92. The summed E-state index contributed by atoms with van der Waals surface area (Å²) in [5.74, 6) is 0.388. The molecule has 26 heavy (non-hydrogen) atoms. The van der Waals surface area contributed by atoms with Crippen LogP contribution in [0.4, 0.5) is 0 Å². The maximum atomic E-state index is 12.6. The Kier molecular flexibility index (Phi) is 9.84. The number of alkyl halides is 1. The number of nitrogens with one attached hydrogen (secondary N) is 1. The minimum absolute atomic E-state index is 0.0875. The molecule has 0 amide bonds. The predicted molar refractivity (Wildman–Crippen MR) is 107 cm³/mol. The van der Waals surface area contributed by atoms with Gasteiger partial charge in [-0.2, -0.15) is 0 Å². The van der Waals surface area contributed by atoms with Gasteiger partial charge in [-0.15, -0.1) is 11.6 Å². The standard InChI is InChI=1S/C17H34ClNO5S2/c1-13(2)24-8-5-7-19-26(22,23)10-6-9-25(20,21)17-12-15(4)14(3)11-16(17)18/h13-17,19H,5-12H2,1-4H3. The molecule has 0 aromatic rings. The first-order valence-corrected chi connectivity index (χ1v) is 13.2. The van der Waals surface area contributed by atoms with Crippen LogP contribution in [0.1, 0.15) is 53.4 Å². The van der Waals surface area contributed by atoms with Gasteiger partial charge in [-0.25, -0.2) is 21.6 Å². The monoisotopic (exact) mass is 431 g/mol. The minimum Gasteiger partial charge on any atom is -0.379 e. The summed E-state index contributed by atoms with van der Waals surface area (Å²) in [6.45, 7) is 8.77. The molecule has 0 aliphatic heterocycles. The highest BCUT2D eigenvalue weighted by Gasteiger charge is 2.39. The molecule has 1 aliphatic rings. The maximum Gasteiger partial charge on any atom is 0.211 e. The van der Waals surface area contributed by atoms with Crippen molar-refractivity contribution in [2.45, 2.75) is 70.1 Å². The highest BCUT2D eigenvalue weighted by Crippen LogP contribution is 2.36. The fraction of sp³-hybridized carbons (Fsp3) is 1.00. The molecule has 0 bridgehead atoms. The molecule has 1 N–H and O–H groups in total. The first kappa shape index (κ1) is 24.1. The van der Waals surface area contributed by atoms with Crippen molar-refractivity contribution in [2.24, 2.45) is 11.8 Å². The Morgan fingerprint density at radius 3 is 2.27 bits per heavy atom. The lowest BCUT2D eigenvalue weighted by Crippen LogP contribution is -2.41. The largest absolute Gasteiger partial charge is 0.379 e. The molecule has 9 heteroatoms. The van der Waals surface area contributed by atoms with Crippen LogP contribution in [-0.2, 0) is 24.6 Å². The van der Waals surface area contributed by atoms with E-state index in [4.69, 9.17) is 16.3 Å². The summed E-state index contributed by atoms with van der Waals surface area (Å²) in [6.07, 6.45) is 2.03. The van der Waals surface area contributed by atoms with Crippen molar-refractivity contribution in [3.05, 3.63) is 0 Å². The number of hydrogen-bond donors (Lipinski definition) is 1. The second-order valence-electron chi connectivity index (χ2n) is 7.69. The van der Waals surface area contributed by atoms with Gasteiger partial charge in [-0.1, -0.05) is 13.8 Å². The third-order valence-electron chi connectivity index (χ3n) is 4.97. The lowest BCUT2D eigenvalue weighted by Gasteiger charge is -2.35. The predicted octanol–water partition coefficient (Wildman–Crippen LogP) is 2.57. The van der Waals surface area contributed by atoms with Gasteiger partial charge in [-0.3, -0.25) is 0 Å². The van der Waals surface area contributed by atoms with E-state index in [0.29, 0.717) is 44.2 Å². The Hall–Kier alpha value is 0.110. The van der Waals surface area contributed by atoms with Crippen LogP contribution in [0.2, 0.25) is 0 Å². The van der Waals surface area contributed by atoms with E-state index in [0.717, 1.165) is 0 Å². The van der Waals surface area contributed by atoms with Crippen LogP contribution < -0.4 is 4.72 Å². The number of halogens is 1. The molecule has 1 rings (SSSR count). The molecule has 1 fully saturated rings. The number of sulfonamides is 1. The van der Waals surface area contributed by atoms with Gasteiger partial charge in [0.15, 0.2) is 9.84 Å². The molecule has 6 nitrogen and oxygen atoms in total. The summed E-state index contributed by atoms with van der Waals surface area (Å²) in [5, 5.41) is -0.957. The van der Waals surface area contributed by atoms with Crippen molar-refractivity contribution in [2.75, 3.05) is 24.7 Å². The molecule has 0 heterocycles. The first-order chi connectivity index (χ1) is 11.9. The van der Waals surface area contributed by atoms with Crippen LogP contribution in [0.25, 0.3) is 0 Å². The number of hydrogen-bond acceptors (Lipinski definition) is 5. The second kappa shape index (κ2) is 10.6. The van der Waals surface area contributed by atoms with Gasteiger partial charge in [-0.05, 0) is 51.4 Å². The zero-order valence-corrected chi connectivity index (χ0v) is 18.7. The van der Waals surface area contributed by atoms with Crippen LogP contribution in [0, 0.1) is 11.8 Å². The van der Waals surface area contributed by atoms with Gasteiger partial charge >= 0.3 is 0 Å². The molecule has 1 aliphatic carbocycles. The molecule has 0 saturated heterocycles. The third-order valence-corrected chi connectivity index (χ3v) is 9.38. The van der Waals surface area contributed by atoms with Gasteiger partial charge in [0.1, 0.15) is 0 Å². The number of ether oxygens (including phenoxy) is 1. The average molecular weight is 432 g/mol. The van der Waals surface area contributed by atoms with E-state index in [-0.39, 0.29) is 29.4 Å². The van der Waals surface area contributed by atoms with Gasteiger partial charge in [0, 0.05) is 13.2 Å². The fourth-order valence-corrected chi connectivity index (χ4v) is 7.32. The quantitative estimate of drug-likeness (QED) is 0.401. The Labute approximate surface area is 164 Å². The van der Waals surface area contributed by atoms with Crippen LogP contribution in [0.5, 0.6) is 0 Å². The summed E-state index contributed by atoms with van der Waals surface area (Å²) >= 11 is 6.29. The zero-order chi connectivity index (χ0) is 20.0. The Morgan fingerprint density at radius 2 is 1.65 bits per heavy atom. The van der Waals surface area contributed by atoms with Crippen LogP contribution in [0.15, 0.2) is 0 Å². The summed E-state index contributed by atoms with van der Waals surface area (Å²) in [6, 6.07) is 0. The third kappa shape index (κ3) is 8.42. The fourth-order valence-electron chi connectivity index (χ4n) is 3.15. The minimum atomic E-state index is -3.47. The summed E-state index contributed by atoms with van der Waals surface area (Å²) in [4.78, 5) is 0. The van der Waals surface area contributed by atoms with Gasteiger partial charge in [0.05, 0.1) is 28.2 Å². The van der Waals surface area contributed by atoms with Crippen molar-refractivity contribution in [1.82, 2.24) is 4.72 Å². The SMILES string of the molecule is CC(C)OCCCNS(=O)(=O)CCCS(=O)(=O)C1CC(C)C(C)CC1Cl. The van der Waals surface area contributed by atoms with Crippen molar-refractivity contribution in [3.63, 3.8) is 0 Å². The smallest absolute Gasteiger partial charge is 0.211 e. The zero-order valence-electron chi connectivity index (χ0n) is 16.3. The summed E-state index contributed by atoms with van der Waals surface area (Å²) in [5.41, 5.74) is 0. The lowest BCUT2D eigenvalue weighted by molar-refractivity contribution is 0.0778. The number of sulfone groups is 1. The van der Waals surface area contributed by atoms with E-state index in [1.54, 1.807) is 0 Å². The molecule has 0 aromatic heterocycles. The summed E-state index contributed by atoms with van der Waals surface area (Å²) in [7, 11) is -6.87. The maximum absolute atomic E-state index is 12.6. The molecule has 0 aromatic carbocycles. The molecule has 156 valence electrons. The molecule has 4 atom stereocenters. The molecule has 0 spiro atoms. The second-order valence-corrected chi connectivity index (χ2v) is 12.5. The molecule has 1 saturated carbocycles. The normalized spacial score (nSPS) is 27.8. The van der Waals surface area contributed by atoms with E-state index in [2.05, 4.69) is 11.6 Å². The lowest BCUT2D eigenvalue weighted by atomic mass is 9.81. The number of rotatable bonds is 11. The van der Waals surface area contributed by atoms with Gasteiger partial charge in [0.25, 0.3) is 0 Å². The molecule has 0 radical (unpaired) electrons. The van der Waals surface area contributed by atoms with Crippen molar-refractivity contribution < 1.29 is 21.6 Å². The topological polar surface area (TPSA) is 89.5 Å². The van der Waals surface area contributed by atoms with E-state index in [1.807, 2.05) is 20.8 Å². The van der Waals surface area contributed by atoms with Crippen LogP contribution >= 0.6 is 11.6 Å².